The van der Waals surface area contributed by atoms with Crippen LogP contribution in [0.2, 0.25) is 0 Å². The summed E-state index contributed by atoms with van der Waals surface area (Å²) in [5.74, 6) is 1.91. The summed E-state index contributed by atoms with van der Waals surface area (Å²) in [6, 6.07) is 11.1. The van der Waals surface area contributed by atoms with Crippen LogP contribution in [0.3, 0.4) is 0 Å². The van der Waals surface area contributed by atoms with E-state index < -0.39 is 0 Å². The van der Waals surface area contributed by atoms with E-state index in [1.54, 1.807) is 12.3 Å². The van der Waals surface area contributed by atoms with Crippen molar-refractivity contribution >= 4 is 33.0 Å². The average Bonchev–Trinajstić information content (AvgIpc) is 2.68. The lowest BCUT2D eigenvalue weighted by atomic mass is 9.95. The van der Waals surface area contributed by atoms with Crippen LogP contribution in [0.1, 0.15) is 52.9 Å². The maximum Gasteiger partial charge on any atom is 0.282 e. The van der Waals surface area contributed by atoms with Gasteiger partial charge >= 0.3 is 0 Å². The molecule has 0 N–H and O–H groups in total. The largest absolute Gasteiger partial charge is 0.490 e. The molecule has 0 bridgehead atoms. The predicted octanol–water partition coefficient (Wildman–Crippen LogP) is 5.52. The Morgan fingerprint density at radius 3 is 2.55 bits per heavy atom. The van der Waals surface area contributed by atoms with Gasteiger partial charge in [0.15, 0.2) is 11.5 Å². The average molecular weight is 486 g/mol. The Hall–Kier alpha value is -2.67. The van der Waals surface area contributed by atoms with Crippen molar-refractivity contribution in [1.82, 2.24) is 9.66 Å². The minimum absolute atomic E-state index is 0.0367. The molecule has 0 spiro atoms. The van der Waals surface area contributed by atoms with Gasteiger partial charge in [0.1, 0.15) is 5.82 Å². The molecule has 0 unspecified atom stereocenters. The third-order valence-corrected chi connectivity index (χ3v) is 4.92. The molecule has 0 atom stereocenters. The molecule has 0 saturated heterocycles. The maximum atomic E-state index is 13.3. The van der Waals surface area contributed by atoms with Crippen molar-refractivity contribution in [3.63, 3.8) is 0 Å². The zero-order valence-corrected chi connectivity index (χ0v) is 20.4. The first-order chi connectivity index (χ1) is 14.6. The Bertz CT molecular complexity index is 1180. The van der Waals surface area contributed by atoms with Crippen LogP contribution in [0.4, 0.5) is 0 Å². The molecule has 3 aromatic rings. The molecule has 3 rings (SSSR count). The summed E-state index contributed by atoms with van der Waals surface area (Å²) in [6.07, 6.45) is 1.68. The highest BCUT2D eigenvalue weighted by Gasteiger charge is 2.23. The van der Waals surface area contributed by atoms with Gasteiger partial charge < -0.3 is 9.47 Å². The molecule has 0 aliphatic heterocycles. The van der Waals surface area contributed by atoms with Gasteiger partial charge in [0.05, 0.1) is 29.8 Å². The second kappa shape index (κ2) is 9.22. The van der Waals surface area contributed by atoms with E-state index in [-0.39, 0.29) is 17.1 Å². The van der Waals surface area contributed by atoms with Gasteiger partial charge in [-0.15, -0.1) is 0 Å². The molecular weight excluding hydrogens is 458 g/mol. The van der Waals surface area contributed by atoms with Crippen LogP contribution < -0.4 is 15.0 Å². The first-order valence-electron chi connectivity index (χ1n) is 10.3. The number of benzene rings is 2. The summed E-state index contributed by atoms with van der Waals surface area (Å²) in [6.45, 7) is 12.4. The SMILES string of the molecule is CCOc1cc(C=Nn2c(C(C)(C)C)nc3ccc(Br)cc3c2=O)ccc1OC(C)C. The third kappa shape index (κ3) is 5.34. The topological polar surface area (TPSA) is 65.7 Å². The van der Waals surface area contributed by atoms with Gasteiger partial charge in [0.25, 0.3) is 5.56 Å². The van der Waals surface area contributed by atoms with E-state index in [4.69, 9.17) is 14.5 Å². The van der Waals surface area contributed by atoms with Crippen molar-refractivity contribution in [2.24, 2.45) is 5.10 Å². The number of nitrogens with zero attached hydrogens (tertiary/aromatic N) is 3. The highest BCUT2D eigenvalue weighted by molar-refractivity contribution is 9.10. The normalized spacial score (nSPS) is 12.1. The van der Waals surface area contributed by atoms with E-state index in [2.05, 4.69) is 21.0 Å². The lowest BCUT2D eigenvalue weighted by molar-refractivity contribution is 0.224. The molecular formula is C24H28BrN3O3. The van der Waals surface area contributed by atoms with Gasteiger partial charge in [-0.3, -0.25) is 4.79 Å². The Kier molecular flexibility index (Phi) is 6.84. The van der Waals surface area contributed by atoms with Crippen LogP contribution in [0.25, 0.3) is 10.9 Å². The number of ether oxygens (including phenoxy) is 2. The van der Waals surface area contributed by atoms with Crippen LogP contribution in [0, 0.1) is 0 Å². The van der Waals surface area contributed by atoms with Gasteiger partial charge in [-0.05, 0) is 62.7 Å². The third-order valence-electron chi connectivity index (χ3n) is 4.43. The Labute approximate surface area is 191 Å². The summed E-state index contributed by atoms with van der Waals surface area (Å²) < 4.78 is 13.8. The summed E-state index contributed by atoms with van der Waals surface area (Å²) in [7, 11) is 0. The minimum atomic E-state index is -0.372. The standard InChI is InChI=1S/C24H28BrN3O3/c1-7-30-21-12-16(8-11-20(21)31-15(2)3)14-26-28-22(29)18-13-17(25)9-10-19(18)27-23(28)24(4,5)6/h8-15H,7H2,1-6H3. The molecule has 0 amide bonds. The number of fused-ring (bicyclic) bond motifs is 1. The van der Waals surface area contributed by atoms with Crippen molar-refractivity contribution in [2.45, 2.75) is 53.1 Å². The van der Waals surface area contributed by atoms with Gasteiger partial charge in [0.2, 0.25) is 0 Å². The minimum Gasteiger partial charge on any atom is -0.490 e. The molecule has 7 heteroatoms. The lowest BCUT2D eigenvalue weighted by Gasteiger charge is -2.21. The van der Waals surface area contributed by atoms with Crippen LogP contribution in [0.5, 0.6) is 11.5 Å². The highest BCUT2D eigenvalue weighted by atomic mass is 79.9. The fourth-order valence-electron chi connectivity index (χ4n) is 3.09. The van der Waals surface area contributed by atoms with Crippen LogP contribution in [-0.2, 0) is 5.41 Å². The van der Waals surface area contributed by atoms with Crippen molar-refractivity contribution in [3.8, 4) is 11.5 Å². The van der Waals surface area contributed by atoms with Crippen LogP contribution in [0.15, 0.2) is 50.8 Å². The lowest BCUT2D eigenvalue weighted by Crippen LogP contribution is -2.29. The second-order valence-electron chi connectivity index (χ2n) is 8.51. The molecule has 0 aliphatic carbocycles. The Balaban J connectivity index is 2.11. The number of hydrogen-bond donors (Lipinski definition) is 0. The molecule has 0 aliphatic rings. The number of aromatic nitrogens is 2. The number of hydrogen-bond acceptors (Lipinski definition) is 5. The zero-order valence-electron chi connectivity index (χ0n) is 18.8. The van der Waals surface area contributed by atoms with Gasteiger partial charge in [0, 0.05) is 9.89 Å². The first kappa shape index (κ1) is 23.0. The molecule has 1 heterocycles. The Morgan fingerprint density at radius 1 is 1.16 bits per heavy atom. The molecule has 31 heavy (non-hydrogen) atoms. The summed E-state index contributed by atoms with van der Waals surface area (Å²) in [5, 5.41) is 5.03. The van der Waals surface area contributed by atoms with E-state index in [0.717, 1.165) is 10.0 Å². The van der Waals surface area contributed by atoms with Crippen LogP contribution in [-0.4, -0.2) is 28.6 Å². The molecule has 1 aromatic heterocycles. The van der Waals surface area contributed by atoms with Crippen molar-refractivity contribution in [2.75, 3.05) is 6.61 Å². The predicted molar refractivity (Wildman–Crippen MR) is 129 cm³/mol. The van der Waals surface area contributed by atoms with Crippen molar-refractivity contribution < 1.29 is 9.47 Å². The van der Waals surface area contributed by atoms with Gasteiger partial charge in [-0.1, -0.05) is 36.7 Å². The number of halogens is 1. The quantitative estimate of drug-likeness (QED) is 0.430. The van der Waals surface area contributed by atoms with E-state index in [1.807, 2.05) is 71.9 Å². The van der Waals surface area contributed by atoms with E-state index >= 15 is 0 Å². The fourth-order valence-corrected chi connectivity index (χ4v) is 3.45. The van der Waals surface area contributed by atoms with Crippen LogP contribution >= 0.6 is 15.9 Å². The number of rotatable bonds is 6. The summed E-state index contributed by atoms with van der Waals surface area (Å²) in [5.41, 5.74) is 0.861. The van der Waals surface area contributed by atoms with E-state index in [9.17, 15) is 4.79 Å². The molecule has 0 radical (unpaired) electrons. The smallest absolute Gasteiger partial charge is 0.282 e. The molecule has 164 valence electrons. The second-order valence-corrected chi connectivity index (χ2v) is 9.43. The van der Waals surface area contributed by atoms with Crippen molar-refractivity contribution in [1.29, 1.82) is 0 Å². The highest BCUT2D eigenvalue weighted by Crippen LogP contribution is 2.29. The summed E-state index contributed by atoms with van der Waals surface area (Å²) in [4.78, 5) is 18.0. The van der Waals surface area contributed by atoms with E-state index in [1.165, 1.54) is 4.68 Å². The van der Waals surface area contributed by atoms with Gasteiger partial charge in [-0.2, -0.15) is 9.78 Å². The Morgan fingerprint density at radius 2 is 1.90 bits per heavy atom. The van der Waals surface area contributed by atoms with E-state index in [0.29, 0.717) is 34.8 Å². The zero-order chi connectivity index (χ0) is 22.8. The molecule has 0 saturated carbocycles. The molecule has 2 aromatic carbocycles. The fraction of sp³-hybridized carbons (Fsp3) is 0.375. The first-order valence-corrected chi connectivity index (χ1v) is 11.1. The van der Waals surface area contributed by atoms with Crippen molar-refractivity contribution in [3.05, 3.63) is 62.6 Å². The maximum absolute atomic E-state index is 13.3. The van der Waals surface area contributed by atoms with Gasteiger partial charge in [-0.25, -0.2) is 4.98 Å². The molecule has 0 fully saturated rings. The monoisotopic (exact) mass is 485 g/mol. The summed E-state index contributed by atoms with van der Waals surface area (Å²) >= 11 is 3.43. The molecule has 6 nitrogen and oxygen atoms in total.